The van der Waals surface area contributed by atoms with Crippen LogP contribution in [0.3, 0.4) is 0 Å². The average Bonchev–Trinajstić information content (AvgIpc) is 3.31. The van der Waals surface area contributed by atoms with Gasteiger partial charge in [0.1, 0.15) is 5.82 Å². The smallest absolute Gasteiger partial charge is 0.408 e. The summed E-state index contributed by atoms with van der Waals surface area (Å²) in [5.41, 5.74) is 0.675. The zero-order valence-electron chi connectivity index (χ0n) is 14.8. The fraction of sp³-hybridized carbons (Fsp3) is 0.263. The largest absolute Gasteiger partial charge is 0.420 e. The molecule has 0 bridgehead atoms. The van der Waals surface area contributed by atoms with E-state index in [9.17, 15) is 22.4 Å². The van der Waals surface area contributed by atoms with Gasteiger partial charge in [0, 0.05) is 24.7 Å². The van der Waals surface area contributed by atoms with Crippen LogP contribution in [0.2, 0.25) is 0 Å². The predicted octanol–water partition coefficient (Wildman–Crippen LogP) is 2.40. The van der Waals surface area contributed by atoms with Gasteiger partial charge in [-0.25, -0.2) is 17.6 Å². The highest BCUT2D eigenvalue weighted by Gasteiger charge is 2.28. The minimum Gasteiger partial charge on any atom is -0.408 e. The van der Waals surface area contributed by atoms with Gasteiger partial charge in [0.15, 0.2) is 11.4 Å². The van der Waals surface area contributed by atoms with Gasteiger partial charge >= 0.3 is 5.76 Å². The maximum atomic E-state index is 13.0. The molecule has 1 aliphatic heterocycles. The molecule has 7 nitrogen and oxygen atoms in total. The Morgan fingerprint density at radius 1 is 1.07 bits per heavy atom. The lowest BCUT2D eigenvalue weighted by atomic mass is 10.1. The Balaban J connectivity index is 1.67. The molecule has 1 aromatic heterocycles. The topological polar surface area (TPSA) is 89.6 Å². The van der Waals surface area contributed by atoms with Crippen LogP contribution in [-0.4, -0.2) is 36.2 Å². The van der Waals surface area contributed by atoms with Crippen LogP contribution in [0.5, 0.6) is 0 Å². The van der Waals surface area contributed by atoms with Crippen LogP contribution in [0.4, 0.5) is 4.39 Å². The monoisotopic (exact) mass is 404 g/mol. The Kier molecular flexibility index (Phi) is 4.64. The molecule has 0 unspecified atom stereocenters. The molecule has 0 saturated carbocycles. The summed E-state index contributed by atoms with van der Waals surface area (Å²) in [7, 11) is -3.64. The first-order valence-corrected chi connectivity index (χ1v) is 10.2. The zero-order chi connectivity index (χ0) is 19.9. The number of carbonyl (C=O) groups is 1. The van der Waals surface area contributed by atoms with Gasteiger partial charge in [-0.15, -0.1) is 0 Å². The third-order valence-electron chi connectivity index (χ3n) is 4.81. The average molecular weight is 404 g/mol. The molecular formula is C19H17FN2O5S. The molecule has 2 heterocycles. The summed E-state index contributed by atoms with van der Waals surface area (Å²) >= 11 is 0. The fourth-order valence-corrected chi connectivity index (χ4v) is 4.84. The quantitative estimate of drug-likeness (QED) is 0.609. The van der Waals surface area contributed by atoms with Crippen LogP contribution in [0, 0.1) is 5.82 Å². The van der Waals surface area contributed by atoms with Gasteiger partial charge in [-0.05, 0) is 49.2 Å². The van der Waals surface area contributed by atoms with Gasteiger partial charge in [0.05, 0.1) is 17.0 Å². The Hall–Kier alpha value is -2.78. The summed E-state index contributed by atoms with van der Waals surface area (Å²) in [6.07, 6.45) is 1.64. The van der Waals surface area contributed by atoms with Gasteiger partial charge in [-0.2, -0.15) is 4.31 Å². The molecule has 2 aromatic carbocycles. The number of nitrogens with zero attached hydrogens (tertiary/aromatic N) is 2. The van der Waals surface area contributed by atoms with Gasteiger partial charge in [0.2, 0.25) is 10.0 Å². The van der Waals surface area contributed by atoms with Crippen molar-refractivity contribution in [3.63, 3.8) is 0 Å². The SMILES string of the molecule is O=C(Cn1c(=O)oc2cc(S(=O)(=O)N3CCCC3)ccc21)c1ccc(F)cc1. The highest BCUT2D eigenvalue weighted by molar-refractivity contribution is 7.89. The molecule has 0 amide bonds. The maximum absolute atomic E-state index is 13.0. The first kappa shape index (κ1) is 18.6. The van der Waals surface area contributed by atoms with Crippen LogP contribution >= 0.6 is 0 Å². The molecule has 0 spiro atoms. The minimum atomic E-state index is -3.64. The Labute approximate surface area is 160 Å². The van der Waals surface area contributed by atoms with Crippen molar-refractivity contribution in [3.8, 4) is 0 Å². The van der Waals surface area contributed by atoms with Crippen molar-refractivity contribution in [2.24, 2.45) is 0 Å². The predicted molar refractivity (Wildman–Crippen MR) is 99.2 cm³/mol. The number of aromatic nitrogens is 1. The lowest BCUT2D eigenvalue weighted by molar-refractivity contribution is 0.0970. The standard InChI is InChI=1S/C19H17FN2O5S/c20-14-5-3-13(4-6-14)17(23)12-22-16-8-7-15(11-18(16)27-19(22)24)28(25,26)21-9-1-2-10-21/h3-8,11H,1-2,9-10,12H2. The number of hydrogen-bond acceptors (Lipinski definition) is 5. The first-order chi connectivity index (χ1) is 13.4. The molecule has 28 heavy (non-hydrogen) atoms. The second-order valence-electron chi connectivity index (χ2n) is 6.62. The van der Waals surface area contributed by atoms with Crippen molar-refractivity contribution >= 4 is 26.9 Å². The van der Waals surface area contributed by atoms with E-state index in [0.717, 1.165) is 17.4 Å². The van der Waals surface area contributed by atoms with Gasteiger partial charge in [-0.3, -0.25) is 9.36 Å². The Bertz CT molecular complexity index is 1210. The number of hydrogen-bond donors (Lipinski definition) is 0. The highest BCUT2D eigenvalue weighted by atomic mass is 32.2. The van der Waals surface area contributed by atoms with Crippen molar-refractivity contribution in [2.75, 3.05) is 13.1 Å². The van der Waals surface area contributed by atoms with Crippen molar-refractivity contribution in [3.05, 3.63) is 64.4 Å². The molecule has 0 N–H and O–H groups in total. The lowest BCUT2D eigenvalue weighted by Crippen LogP contribution is -2.27. The number of halogens is 1. The number of rotatable bonds is 5. The number of ketones is 1. The number of oxazole rings is 1. The zero-order valence-corrected chi connectivity index (χ0v) is 15.6. The van der Waals surface area contributed by atoms with E-state index in [-0.39, 0.29) is 22.6 Å². The summed E-state index contributed by atoms with van der Waals surface area (Å²) in [5, 5.41) is 0. The van der Waals surface area contributed by atoms with Crippen LogP contribution in [-0.2, 0) is 16.6 Å². The minimum absolute atomic E-state index is 0.0488. The number of benzene rings is 2. The van der Waals surface area contributed by atoms with E-state index >= 15 is 0 Å². The van der Waals surface area contributed by atoms with Crippen LogP contribution < -0.4 is 5.76 Å². The van der Waals surface area contributed by atoms with Gasteiger partial charge in [-0.1, -0.05) is 0 Å². The molecule has 0 radical (unpaired) electrons. The second-order valence-corrected chi connectivity index (χ2v) is 8.56. The van der Waals surface area contributed by atoms with Crippen LogP contribution in [0.1, 0.15) is 23.2 Å². The summed E-state index contributed by atoms with van der Waals surface area (Å²) in [4.78, 5) is 24.6. The number of carbonyl (C=O) groups excluding carboxylic acids is 1. The van der Waals surface area contributed by atoms with Crippen LogP contribution in [0.25, 0.3) is 11.1 Å². The summed E-state index contributed by atoms with van der Waals surface area (Å²) < 4.78 is 46.1. The van der Waals surface area contributed by atoms with E-state index in [4.69, 9.17) is 4.42 Å². The second kappa shape index (κ2) is 6.99. The number of Topliss-reactive ketones (excluding diaryl/α,β-unsaturated/α-hetero) is 1. The van der Waals surface area contributed by atoms with E-state index in [1.807, 2.05) is 0 Å². The van der Waals surface area contributed by atoms with E-state index < -0.39 is 27.4 Å². The molecule has 1 aliphatic rings. The molecule has 9 heteroatoms. The van der Waals surface area contributed by atoms with Gasteiger partial charge < -0.3 is 4.42 Å². The van der Waals surface area contributed by atoms with E-state index in [1.54, 1.807) is 0 Å². The number of fused-ring (bicyclic) bond motifs is 1. The van der Waals surface area contributed by atoms with Crippen molar-refractivity contribution in [2.45, 2.75) is 24.3 Å². The normalized spacial score (nSPS) is 15.3. The molecular weight excluding hydrogens is 387 g/mol. The summed E-state index contributed by atoms with van der Waals surface area (Å²) in [6.45, 7) is 0.644. The fourth-order valence-electron chi connectivity index (χ4n) is 3.31. The van der Waals surface area contributed by atoms with Crippen molar-refractivity contribution < 1.29 is 22.0 Å². The third kappa shape index (κ3) is 3.27. The van der Waals surface area contributed by atoms with E-state index in [1.165, 1.54) is 46.8 Å². The maximum Gasteiger partial charge on any atom is 0.420 e. The molecule has 4 rings (SSSR count). The van der Waals surface area contributed by atoms with Crippen LogP contribution in [0.15, 0.2) is 56.6 Å². The molecule has 0 atom stereocenters. The summed E-state index contributed by atoms with van der Waals surface area (Å²) in [5.74, 6) is -1.62. The Morgan fingerprint density at radius 2 is 1.75 bits per heavy atom. The van der Waals surface area contributed by atoms with Gasteiger partial charge in [0.25, 0.3) is 0 Å². The molecule has 3 aromatic rings. The number of sulfonamides is 1. The molecule has 1 saturated heterocycles. The Morgan fingerprint density at radius 3 is 2.43 bits per heavy atom. The lowest BCUT2D eigenvalue weighted by Gasteiger charge is -2.15. The first-order valence-electron chi connectivity index (χ1n) is 8.78. The van der Waals surface area contributed by atoms with E-state index in [2.05, 4.69) is 0 Å². The van der Waals surface area contributed by atoms with E-state index in [0.29, 0.717) is 18.6 Å². The molecule has 1 fully saturated rings. The van der Waals surface area contributed by atoms with Crippen molar-refractivity contribution in [1.29, 1.82) is 0 Å². The third-order valence-corrected chi connectivity index (χ3v) is 6.71. The van der Waals surface area contributed by atoms with Crippen molar-refractivity contribution in [1.82, 2.24) is 8.87 Å². The summed E-state index contributed by atoms with van der Waals surface area (Å²) in [6, 6.07) is 9.18. The highest BCUT2D eigenvalue weighted by Crippen LogP contribution is 2.24. The molecule has 0 aliphatic carbocycles. The molecule has 146 valence electrons.